The van der Waals surface area contributed by atoms with Gasteiger partial charge in [-0.1, -0.05) is 35.1 Å². The highest BCUT2D eigenvalue weighted by molar-refractivity contribution is 7.15. The van der Waals surface area contributed by atoms with Gasteiger partial charge < -0.3 is 9.72 Å². The Morgan fingerprint density at radius 3 is 3.00 bits per heavy atom. The van der Waals surface area contributed by atoms with Gasteiger partial charge in [-0.15, -0.1) is 10.2 Å². The second kappa shape index (κ2) is 6.66. The molecule has 2 N–H and O–H groups in total. The number of nitrogens with zero attached hydrogens (tertiary/aromatic N) is 2. The van der Waals surface area contributed by atoms with Crippen LogP contribution in [-0.2, 0) is 11.3 Å². The first-order chi connectivity index (χ1) is 11.1. The van der Waals surface area contributed by atoms with Gasteiger partial charge in [0.15, 0.2) is 0 Å². The van der Waals surface area contributed by atoms with Gasteiger partial charge >= 0.3 is 0 Å². The number of hydrogen-bond acceptors (Lipinski definition) is 5. The summed E-state index contributed by atoms with van der Waals surface area (Å²) in [6, 6.07) is 5.57. The smallest absolute Gasteiger partial charge is 0.274 e. The third-order valence-corrected chi connectivity index (χ3v) is 4.51. The minimum absolute atomic E-state index is 0.270. The summed E-state index contributed by atoms with van der Waals surface area (Å²) in [6.07, 6.45) is 0. The number of H-pyrrole nitrogens is 1. The topological polar surface area (TPSA) is 79.9 Å². The average Bonchev–Trinajstić information content (AvgIpc) is 3.11. The predicted octanol–water partition coefficient (Wildman–Crippen LogP) is 3.77. The maximum atomic E-state index is 12.5. The number of fused-ring (bicyclic) bond motifs is 1. The lowest BCUT2D eigenvalue weighted by atomic mass is 10.1. The zero-order chi connectivity index (χ0) is 16.4. The van der Waals surface area contributed by atoms with Crippen molar-refractivity contribution < 1.29 is 9.53 Å². The molecule has 3 aromatic rings. The minimum Gasteiger partial charge on any atom is -0.374 e. The molecule has 0 aliphatic carbocycles. The number of aromatic amines is 1. The molecule has 6 nitrogen and oxygen atoms in total. The number of hydrogen-bond donors (Lipinski definition) is 2. The van der Waals surface area contributed by atoms with E-state index in [9.17, 15) is 4.79 Å². The molecule has 0 saturated heterocycles. The quantitative estimate of drug-likeness (QED) is 0.734. The molecule has 0 aliphatic heterocycles. The van der Waals surface area contributed by atoms with Crippen molar-refractivity contribution in [2.45, 2.75) is 20.5 Å². The van der Waals surface area contributed by atoms with Crippen molar-refractivity contribution in [3.8, 4) is 0 Å². The highest BCUT2D eigenvalue weighted by atomic mass is 35.5. The summed E-state index contributed by atoms with van der Waals surface area (Å²) in [6.45, 7) is 4.79. The van der Waals surface area contributed by atoms with E-state index in [-0.39, 0.29) is 5.91 Å². The van der Waals surface area contributed by atoms with Crippen molar-refractivity contribution in [2.24, 2.45) is 0 Å². The Kier molecular flexibility index (Phi) is 4.61. The number of amides is 1. The molecule has 2 heterocycles. The Hall–Kier alpha value is -1.96. The third-order valence-electron chi connectivity index (χ3n) is 3.39. The monoisotopic (exact) mass is 350 g/mol. The molecule has 120 valence electrons. The largest absolute Gasteiger partial charge is 0.374 e. The minimum atomic E-state index is -0.270. The van der Waals surface area contributed by atoms with Gasteiger partial charge in [-0.3, -0.25) is 10.1 Å². The SMILES string of the molecule is CCOCc1nnc(NC(=O)c2[nH]c3c(Cl)cccc3c2C)s1. The van der Waals surface area contributed by atoms with E-state index in [1.165, 1.54) is 11.3 Å². The molecule has 0 radical (unpaired) electrons. The van der Waals surface area contributed by atoms with Gasteiger partial charge in [0.1, 0.15) is 17.3 Å². The summed E-state index contributed by atoms with van der Waals surface area (Å²) in [4.78, 5) is 15.5. The molecule has 23 heavy (non-hydrogen) atoms. The molecule has 0 fully saturated rings. The molecule has 0 saturated carbocycles. The van der Waals surface area contributed by atoms with E-state index in [1.807, 2.05) is 26.0 Å². The summed E-state index contributed by atoms with van der Waals surface area (Å²) in [7, 11) is 0. The van der Waals surface area contributed by atoms with Crippen molar-refractivity contribution in [3.05, 3.63) is 39.5 Å². The van der Waals surface area contributed by atoms with Gasteiger partial charge in [-0.05, 0) is 25.5 Å². The van der Waals surface area contributed by atoms with Crippen LogP contribution in [0.2, 0.25) is 5.02 Å². The number of carbonyl (C=O) groups is 1. The van der Waals surface area contributed by atoms with E-state index in [2.05, 4.69) is 20.5 Å². The van der Waals surface area contributed by atoms with Gasteiger partial charge in [-0.25, -0.2) is 0 Å². The lowest BCUT2D eigenvalue weighted by Gasteiger charge is -1.99. The average molecular weight is 351 g/mol. The van der Waals surface area contributed by atoms with Crippen molar-refractivity contribution in [1.29, 1.82) is 0 Å². The summed E-state index contributed by atoms with van der Waals surface area (Å²) in [5, 5.41) is 13.4. The molecule has 2 aromatic heterocycles. The summed E-state index contributed by atoms with van der Waals surface area (Å²) >= 11 is 7.45. The molecule has 0 unspecified atom stereocenters. The van der Waals surface area contributed by atoms with Crippen molar-refractivity contribution >= 4 is 44.9 Å². The highest BCUT2D eigenvalue weighted by Crippen LogP contribution is 2.28. The molecule has 1 aromatic carbocycles. The fraction of sp³-hybridized carbons (Fsp3) is 0.267. The van der Waals surface area contributed by atoms with E-state index in [1.54, 1.807) is 6.07 Å². The van der Waals surface area contributed by atoms with Gasteiger partial charge in [0.25, 0.3) is 5.91 Å². The van der Waals surface area contributed by atoms with Crippen LogP contribution < -0.4 is 5.32 Å². The molecule has 0 bridgehead atoms. The number of aryl methyl sites for hydroxylation is 1. The first-order valence-electron chi connectivity index (χ1n) is 7.08. The maximum absolute atomic E-state index is 12.5. The molecule has 0 aliphatic rings. The molecule has 1 amide bonds. The van der Waals surface area contributed by atoms with E-state index in [0.29, 0.717) is 29.1 Å². The van der Waals surface area contributed by atoms with Gasteiger partial charge in [0, 0.05) is 12.0 Å². The van der Waals surface area contributed by atoms with Crippen LogP contribution in [0.3, 0.4) is 0 Å². The fourth-order valence-electron chi connectivity index (χ4n) is 2.26. The van der Waals surface area contributed by atoms with Crippen molar-refractivity contribution in [2.75, 3.05) is 11.9 Å². The summed E-state index contributed by atoms with van der Waals surface area (Å²) < 4.78 is 5.27. The Balaban J connectivity index is 1.82. The van der Waals surface area contributed by atoms with Crippen LogP contribution >= 0.6 is 22.9 Å². The van der Waals surface area contributed by atoms with Gasteiger partial charge in [0.2, 0.25) is 5.13 Å². The van der Waals surface area contributed by atoms with Crippen molar-refractivity contribution in [3.63, 3.8) is 0 Å². The molecule has 0 atom stereocenters. The Bertz CT molecular complexity index is 858. The number of aromatic nitrogens is 3. The van der Waals surface area contributed by atoms with Crippen LogP contribution in [0.15, 0.2) is 18.2 Å². The number of halogens is 1. The van der Waals surface area contributed by atoms with Crippen LogP contribution in [0.25, 0.3) is 10.9 Å². The Morgan fingerprint density at radius 1 is 1.43 bits per heavy atom. The first-order valence-corrected chi connectivity index (χ1v) is 8.28. The standard InChI is InChI=1S/C15H15ClN4O2S/c1-3-22-7-11-19-20-15(23-11)18-14(21)12-8(2)9-5-4-6-10(16)13(9)17-12/h4-6,17H,3,7H2,1-2H3,(H,18,20,21). The number of carbonyl (C=O) groups excluding carboxylic acids is 1. The number of para-hydroxylation sites is 1. The van der Waals surface area contributed by atoms with Crippen LogP contribution in [0.5, 0.6) is 0 Å². The number of nitrogens with one attached hydrogen (secondary N) is 2. The maximum Gasteiger partial charge on any atom is 0.274 e. The van der Waals surface area contributed by atoms with Crippen LogP contribution in [0, 0.1) is 6.92 Å². The van der Waals surface area contributed by atoms with Crippen LogP contribution in [0.1, 0.15) is 28.0 Å². The second-order valence-corrected chi connectivity index (χ2v) is 6.35. The van der Waals surface area contributed by atoms with Gasteiger partial charge in [0.05, 0.1) is 10.5 Å². The molecule has 8 heteroatoms. The number of ether oxygens (including phenoxy) is 1. The molecule has 3 rings (SSSR count). The van der Waals surface area contributed by atoms with E-state index in [4.69, 9.17) is 16.3 Å². The molecular formula is C15H15ClN4O2S. The molecular weight excluding hydrogens is 336 g/mol. The Labute approximate surface area is 141 Å². The lowest BCUT2D eigenvalue weighted by Crippen LogP contribution is -2.13. The fourth-order valence-corrected chi connectivity index (χ4v) is 3.15. The lowest BCUT2D eigenvalue weighted by molar-refractivity contribution is 0.102. The summed E-state index contributed by atoms with van der Waals surface area (Å²) in [5.41, 5.74) is 2.07. The summed E-state index contributed by atoms with van der Waals surface area (Å²) in [5.74, 6) is -0.270. The van der Waals surface area contributed by atoms with E-state index in [0.717, 1.165) is 21.5 Å². The zero-order valence-corrected chi connectivity index (χ0v) is 14.2. The molecule has 0 spiro atoms. The van der Waals surface area contributed by atoms with Crippen LogP contribution in [0.4, 0.5) is 5.13 Å². The second-order valence-electron chi connectivity index (χ2n) is 4.88. The predicted molar refractivity (Wildman–Crippen MR) is 91.2 cm³/mol. The zero-order valence-electron chi connectivity index (χ0n) is 12.6. The third kappa shape index (κ3) is 3.21. The van der Waals surface area contributed by atoms with Crippen molar-refractivity contribution in [1.82, 2.24) is 15.2 Å². The van der Waals surface area contributed by atoms with Gasteiger partial charge in [-0.2, -0.15) is 0 Å². The van der Waals surface area contributed by atoms with E-state index >= 15 is 0 Å². The van der Waals surface area contributed by atoms with E-state index < -0.39 is 0 Å². The number of benzene rings is 1. The normalized spacial score (nSPS) is 11.1. The number of rotatable bonds is 5. The first kappa shape index (κ1) is 15.9. The Morgan fingerprint density at radius 2 is 2.26 bits per heavy atom. The van der Waals surface area contributed by atoms with Crippen LogP contribution in [-0.4, -0.2) is 27.7 Å². The highest BCUT2D eigenvalue weighted by Gasteiger charge is 2.17. The number of anilines is 1.